The van der Waals surface area contributed by atoms with Crippen LogP contribution in [0.15, 0.2) is 0 Å². The van der Waals surface area contributed by atoms with E-state index in [1.54, 1.807) is 0 Å². The molecule has 0 aromatic rings. The number of hydrogen-bond donors (Lipinski definition) is 2. The molecule has 0 saturated carbocycles. The average molecular weight is 250 g/mol. The van der Waals surface area contributed by atoms with Crippen LogP contribution in [0, 0.1) is 5.92 Å². The van der Waals surface area contributed by atoms with Crippen LogP contribution in [0.1, 0.15) is 27.2 Å². The molecule has 0 radical (unpaired) electrons. The summed E-state index contributed by atoms with van der Waals surface area (Å²) in [5, 5.41) is 2.95. The molecule has 1 amide bonds. The summed E-state index contributed by atoms with van der Waals surface area (Å²) in [5.41, 5.74) is 5.81. The van der Waals surface area contributed by atoms with Crippen LogP contribution in [0.5, 0.6) is 0 Å². The van der Waals surface area contributed by atoms with Gasteiger partial charge in [-0.25, -0.2) is 0 Å². The number of hydrogen-bond acceptors (Lipinski definition) is 3. The average Bonchev–Trinajstić information content (AvgIpc) is 2.60. The minimum absolute atomic E-state index is 0. The third kappa shape index (κ3) is 4.68. The Morgan fingerprint density at radius 3 is 2.56 bits per heavy atom. The topological polar surface area (TPSA) is 58.4 Å². The lowest BCUT2D eigenvalue weighted by Gasteiger charge is -2.23. The first-order chi connectivity index (χ1) is 7.00. The lowest BCUT2D eigenvalue weighted by atomic mass is 10.2. The maximum atomic E-state index is 11.7. The number of likely N-dealkylation sites (tertiary alicyclic amines) is 1. The predicted octanol–water partition coefficient (Wildman–Crippen LogP) is 0.602. The van der Waals surface area contributed by atoms with Gasteiger partial charge in [-0.3, -0.25) is 9.69 Å². The molecule has 1 aliphatic heterocycles. The lowest BCUT2D eigenvalue weighted by Crippen LogP contribution is -2.45. The van der Waals surface area contributed by atoms with Gasteiger partial charge in [0.2, 0.25) is 5.91 Å². The molecule has 1 rings (SSSR count). The van der Waals surface area contributed by atoms with Gasteiger partial charge in [-0.05, 0) is 19.3 Å². The zero-order valence-corrected chi connectivity index (χ0v) is 11.2. The van der Waals surface area contributed by atoms with Crippen LogP contribution >= 0.6 is 12.4 Å². The van der Waals surface area contributed by atoms with Crippen molar-refractivity contribution < 1.29 is 4.79 Å². The largest absolute Gasteiger partial charge is 0.354 e. The molecule has 0 aromatic heterocycles. The molecule has 4 nitrogen and oxygen atoms in total. The van der Waals surface area contributed by atoms with Crippen LogP contribution in [0.3, 0.4) is 0 Å². The summed E-state index contributed by atoms with van der Waals surface area (Å²) in [5.74, 6) is 0.625. The van der Waals surface area contributed by atoms with E-state index in [9.17, 15) is 4.79 Å². The predicted molar refractivity (Wildman–Crippen MR) is 68.7 cm³/mol. The van der Waals surface area contributed by atoms with Crippen molar-refractivity contribution in [1.29, 1.82) is 0 Å². The summed E-state index contributed by atoms with van der Waals surface area (Å²) in [6.45, 7) is 8.68. The molecule has 0 bridgehead atoms. The van der Waals surface area contributed by atoms with Crippen molar-refractivity contribution in [2.45, 2.75) is 39.3 Å². The molecule has 0 aliphatic carbocycles. The van der Waals surface area contributed by atoms with Gasteiger partial charge in [-0.15, -0.1) is 12.4 Å². The molecule has 1 fully saturated rings. The number of carbonyl (C=O) groups is 1. The number of nitrogens with one attached hydrogen (secondary N) is 1. The lowest BCUT2D eigenvalue weighted by molar-refractivity contribution is -0.125. The van der Waals surface area contributed by atoms with Crippen molar-refractivity contribution in [3.05, 3.63) is 0 Å². The number of halogens is 1. The highest BCUT2D eigenvalue weighted by Crippen LogP contribution is 2.10. The Kier molecular flexibility index (Phi) is 6.95. The van der Waals surface area contributed by atoms with E-state index < -0.39 is 0 Å². The first-order valence-electron chi connectivity index (χ1n) is 5.78. The van der Waals surface area contributed by atoms with Gasteiger partial charge in [0.05, 0.1) is 6.04 Å². The summed E-state index contributed by atoms with van der Waals surface area (Å²) in [6.07, 6.45) is 1.00. The summed E-state index contributed by atoms with van der Waals surface area (Å²) in [6, 6.07) is 0.197. The molecule has 1 unspecified atom stereocenters. The van der Waals surface area contributed by atoms with Gasteiger partial charge in [0.15, 0.2) is 0 Å². The molecule has 2 atom stereocenters. The van der Waals surface area contributed by atoms with E-state index in [1.807, 2.05) is 6.92 Å². The Bertz CT molecular complexity index is 223. The van der Waals surface area contributed by atoms with Gasteiger partial charge in [0.25, 0.3) is 0 Å². The van der Waals surface area contributed by atoms with Gasteiger partial charge in [0.1, 0.15) is 0 Å². The minimum atomic E-state index is -0.0442. The molecule has 0 spiro atoms. The van der Waals surface area contributed by atoms with E-state index in [0.29, 0.717) is 5.92 Å². The molecule has 0 aromatic carbocycles. The molecule has 16 heavy (non-hydrogen) atoms. The van der Waals surface area contributed by atoms with Crippen LogP contribution in [-0.2, 0) is 4.79 Å². The van der Waals surface area contributed by atoms with E-state index in [1.165, 1.54) is 0 Å². The summed E-state index contributed by atoms with van der Waals surface area (Å²) in [4.78, 5) is 13.9. The molecular formula is C11H24ClN3O. The number of nitrogens with zero attached hydrogens (tertiary/aromatic N) is 1. The van der Waals surface area contributed by atoms with E-state index in [0.717, 1.165) is 26.1 Å². The molecule has 1 aliphatic rings. The Morgan fingerprint density at radius 1 is 1.50 bits per heavy atom. The molecule has 96 valence electrons. The fourth-order valence-electron chi connectivity index (χ4n) is 1.79. The monoisotopic (exact) mass is 249 g/mol. The van der Waals surface area contributed by atoms with E-state index in [2.05, 4.69) is 24.1 Å². The fourth-order valence-corrected chi connectivity index (χ4v) is 1.79. The van der Waals surface area contributed by atoms with E-state index in [4.69, 9.17) is 5.73 Å². The normalized spacial score (nSPS) is 22.9. The molecular weight excluding hydrogens is 226 g/mol. The van der Waals surface area contributed by atoms with Crippen molar-refractivity contribution >= 4 is 18.3 Å². The Labute approximate surface area is 104 Å². The summed E-state index contributed by atoms with van der Waals surface area (Å²) < 4.78 is 0. The Morgan fingerprint density at radius 2 is 2.12 bits per heavy atom. The van der Waals surface area contributed by atoms with Crippen molar-refractivity contribution in [2.75, 3.05) is 19.6 Å². The van der Waals surface area contributed by atoms with Crippen LogP contribution in [0.2, 0.25) is 0 Å². The number of rotatable bonds is 4. The van der Waals surface area contributed by atoms with Gasteiger partial charge in [-0.1, -0.05) is 13.8 Å². The minimum Gasteiger partial charge on any atom is -0.354 e. The second-order valence-electron chi connectivity index (χ2n) is 4.86. The zero-order valence-electron chi connectivity index (χ0n) is 10.4. The molecule has 1 saturated heterocycles. The second-order valence-corrected chi connectivity index (χ2v) is 4.86. The highest BCUT2D eigenvalue weighted by atomic mass is 35.5. The molecule has 1 heterocycles. The Hall–Kier alpha value is -0.320. The van der Waals surface area contributed by atoms with Gasteiger partial charge < -0.3 is 11.1 Å². The summed E-state index contributed by atoms with van der Waals surface area (Å²) >= 11 is 0. The highest BCUT2D eigenvalue weighted by molar-refractivity contribution is 5.85. The number of carbonyl (C=O) groups excluding carboxylic acids is 1. The number of amides is 1. The van der Waals surface area contributed by atoms with Gasteiger partial charge >= 0.3 is 0 Å². The standard InChI is InChI=1S/C11H23N3O.ClH/c1-8(2)6-13-11(15)9(3)14-5-4-10(12)7-14;/h8-10H,4-7,12H2,1-3H3,(H,13,15);1H/t9?,10-;/m0./s1. The van der Waals surface area contributed by atoms with Crippen molar-refractivity contribution in [3.8, 4) is 0 Å². The summed E-state index contributed by atoms with van der Waals surface area (Å²) in [7, 11) is 0. The van der Waals surface area contributed by atoms with E-state index >= 15 is 0 Å². The van der Waals surface area contributed by atoms with Crippen molar-refractivity contribution in [1.82, 2.24) is 10.2 Å². The highest BCUT2D eigenvalue weighted by Gasteiger charge is 2.27. The van der Waals surface area contributed by atoms with E-state index in [-0.39, 0.29) is 30.4 Å². The quantitative estimate of drug-likeness (QED) is 0.767. The SMILES string of the molecule is CC(C)CNC(=O)C(C)N1CC[C@H](N)C1.Cl. The van der Waals surface area contributed by atoms with Crippen LogP contribution in [0.25, 0.3) is 0 Å². The maximum Gasteiger partial charge on any atom is 0.237 e. The van der Waals surface area contributed by atoms with Gasteiger partial charge in [0, 0.05) is 25.7 Å². The second kappa shape index (κ2) is 7.09. The molecule has 3 N–H and O–H groups in total. The third-order valence-corrected chi connectivity index (χ3v) is 2.87. The maximum absolute atomic E-state index is 11.7. The Balaban J connectivity index is 0.00000225. The first-order valence-corrected chi connectivity index (χ1v) is 5.78. The zero-order chi connectivity index (χ0) is 11.4. The molecule has 5 heteroatoms. The third-order valence-electron chi connectivity index (χ3n) is 2.87. The van der Waals surface area contributed by atoms with Crippen molar-refractivity contribution in [2.24, 2.45) is 11.7 Å². The van der Waals surface area contributed by atoms with Crippen LogP contribution in [-0.4, -0.2) is 42.5 Å². The fraction of sp³-hybridized carbons (Fsp3) is 0.909. The van der Waals surface area contributed by atoms with Crippen LogP contribution in [0.4, 0.5) is 0 Å². The number of nitrogens with two attached hydrogens (primary N) is 1. The first kappa shape index (κ1) is 15.7. The van der Waals surface area contributed by atoms with Crippen molar-refractivity contribution in [3.63, 3.8) is 0 Å². The van der Waals surface area contributed by atoms with Crippen LogP contribution < -0.4 is 11.1 Å². The smallest absolute Gasteiger partial charge is 0.237 e. The van der Waals surface area contributed by atoms with Gasteiger partial charge in [-0.2, -0.15) is 0 Å².